The average Bonchev–Trinajstić information content (AvgIpc) is 3.49. The zero-order valence-electron chi connectivity index (χ0n) is 19.9. The first kappa shape index (κ1) is 22.5. The monoisotopic (exact) mass is 475 g/mol. The summed E-state index contributed by atoms with van der Waals surface area (Å²) >= 11 is 0. The van der Waals surface area contributed by atoms with Gasteiger partial charge in [-0.1, -0.05) is 6.92 Å². The Balaban J connectivity index is 1.61. The molecule has 0 aliphatic carbocycles. The summed E-state index contributed by atoms with van der Waals surface area (Å²) in [5.74, 6) is 1.64. The average molecular weight is 476 g/mol. The normalized spacial score (nSPS) is 15.8. The van der Waals surface area contributed by atoms with Crippen molar-refractivity contribution in [2.24, 2.45) is 0 Å². The topological polar surface area (TPSA) is 126 Å². The zero-order valence-corrected chi connectivity index (χ0v) is 19.9. The van der Waals surface area contributed by atoms with Crippen molar-refractivity contribution < 1.29 is 8.81 Å². The van der Waals surface area contributed by atoms with Gasteiger partial charge >= 0.3 is 0 Å². The molecule has 11 heteroatoms. The van der Waals surface area contributed by atoms with E-state index in [0.717, 1.165) is 33.7 Å². The maximum absolute atomic E-state index is 13.4. The highest BCUT2D eigenvalue weighted by Crippen LogP contribution is 2.32. The molecule has 35 heavy (non-hydrogen) atoms. The van der Waals surface area contributed by atoms with Crippen LogP contribution in [0.1, 0.15) is 38.1 Å². The molecular weight excluding hydrogens is 449 g/mol. The van der Waals surface area contributed by atoms with E-state index in [0.29, 0.717) is 29.8 Å². The summed E-state index contributed by atoms with van der Waals surface area (Å²) in [5.41, 5.74) is 14.8. The first-order valence-corrected chi connectivity index (χ1v) is 11.3. The molecule has 0 saturated carbocycles. The van der Waals surface area contributed by atoms with Gasteiger partial charge in [0.05, 0.1) is 17.3 Å². The summed E-state index contributed by atoms with van der Waals surface area (Å²) in [6, 6.07) is 7.96. The van der Waals surface area contributed by atoms with Gasteiger partial charge < -0.3 is 15.1 Å². The zero-order chi connectivity index (χ0) is 24.7. The Morgan fingerprint density at radius 1 is 1.17 bits per heavy atom. The standard InChI is InChI=1S/C24H26FN9O/c1-5-18-22(16-6-8-17(25)9-7-16)32-33-11-10-27-20(12-19(26)28-23(18)33)34-14(3)21(13(2)31-34)24-30-29-15(4)35-24/h6-13,28,31H,5,26H2,1-4H3. The lowest BCUT2D eigenvalue weighted by Crippen LogP contribution is -2.36. The molecule has 3 aromatic heterocycles. The van der Waals surface area contributed by atoms with E-state index in [1.807, 2.05) is 25.8 Å². The molecule has 180 valence electrons. The molecule has 0 fully saturated rings. The van der Waals surface area contributed by atoms with Crippen molar-refractivity contribution in [3.63, 3.8) is 0 Å². The van der Waals surface area contributed by atoms with Crippen LogP contribution in [-0.4, -0.2) is 35.8 Å². The Bertz CT molecular complexity index is 1480. The molecule has 1 aliphatic rings. The summed E-state index contributed by atoms with van der Waals surface area (Å²) in [6.45, 7) is 7.76. The summed E-state index contributed by atoms with van der Waals surface area (Å²) in [5, 5.41) is 14.7. The lowest BCUT2D eigenvalue weighted by Gasteiger charge is -2.19. The van der Waals surface area contributed by atoms with Crippen molar-refractivity contribution in [1.82, 2.24) is 35.2 Å². The van der Waals surface area contributed by atoms with Gasteiger partial charge in [0.1, 0.15) is 17.3 Å². The van der Waals surface area contributed by atoms with Crippen LogP contribution in [0.4, 0.5) is 16.0 Å². The highest BCUT2D eigenvalue weighted by molar-refractivity contribution is 5.74. The fraction of sp³-hybridized carbons (Fsp3) is 0.250. The van der Waals surface area contributed by atoms with Crippen LogP contribution in [-0.2, 0) is 6.42 Å². The molecule has 0 bridgehead atoms. The van der Waals surface area contributed by atoms with Gasteiger partial charge in [-0.25, -0.2) is 19.3 Å². The smallest absolute Gasteiger partial charge is 0.247 e. The quantitative estimate of drug-likeness (QED) is 0.405. The number of allylic oxidation sites excluding steroid dienone is 1. The molecule has 0 spiro atoms. The highest BCUT2D eigenvalue weighted by atomic mass is 19.1. The lowest BCUT2D eigenvalue weighted by molar-refractivity contribution is 0.501. The number of hydrogen-bond acceptors (Lipinski definition) is 8. The van der Waals surface area contributed by atoms with E-state index in [9.17, 15) is 4.39 Å². The molecule has 1 aliphatic heterocycles. The largest absolute Gasteiger partial charge is 0.421 e. The van der Waals surface area contributed by atoms with Crippen molar-refractivity contribution in [3.8, 4) is 11.3 Å². The molecule has 1 aromatic carbocycles. The predicted octanol–water partition coefficient (Wildman–Crippen LogP) is 3.97. The van der Waals surface area contributed by atoms with Gasteiger partial charge in [0.2, 0.25) is 11.8 Å². The Morgan fingerprint density at radius 3 is 2.63 bits per heavy atom. The molecular formula is C24H26FN9O. The minimum Gasteiger partial charge on any atom is -0.421 e. The van der Waals surface area contributed by atoms with Gasteiger partial charge in [-0.15, -0.1) is 10.2 Å². The lowest BCUT2D eigenvalue weighted by atomic mass is 10.1. The molecule has 10 nitrogen and oxygen atoms in total. The number of H-pyrrole nitrogens is 1. The fourth-order valence-electron chi connectivity index (χ4n) is 4.30. The molecule has 0 radical (unpaired) electrons. The number of fused-ring (bicyclic) bond motifs is 1. The molecule has 1 atom stereocenters. The van der Waals surface area contributed by atoms with Gasteiger partial charge in [-0.2, -0.15) is 5.10 Å². The minimum absolute atomic E-state index is 0.0721. The molecule has 5 rings (SSSR count). The summed E-state index contributed by atoms with van der Waals surface area (Å²) in [7, 11) is 0. The third-order valence-corrected chi connectivity index (χ3v) is 5.91. The summed E-state index contributed by atoms with van der Waals surface area (Å²) < 4.78 is 20.8. The number of aromatic nitrogens is 6. The van der Waals surface area contributed by atoms with Crippen molar-refractivity contribution in [2.75, 3.05) is 10.7 Å². The number of nitrogen functional groups attached to an aromatic ring is 1. The van der Waals surface area contributed by atoms with Gasteiger partial charge in [-0.05, 0) is 44.5 Å². The van der Waals surface area contributed by atoms with E-state index in [1.165, 1.54) is 12.1 Å². The number of nitrogens with one attached hydrogen (secondary N) is 2. The second kappa shape index (κ2) is 8.84. The number of rotatable bonds is 4. The molecule has 1 unspecified atom stereocenters. The van der Waals surface area contributed by atoms with Crippen LogP contribution in [0, 0.1) is 12.7 Å². The Hall–Kier alpha value is -4.25. The van der Waals surface area contributed by atoms with E-state index in [-0.39, 0.29) is 11.9 Å². The van der Waals surface area contributed by atoms with Crippen LogP contribution >= 0.6 is 0 Å². The Labute approximate surface area is 201 Å². The van der Waals surface area contributed by atoms with E-state index >= 15 is 0 Å². The number of hydrazine groups is 1. The van der Waals surface area contributed by atoms with E-state index in [2.05, 4.69) is 25.6 Å². The van der Waals surface area contributed by atoms with Crippen LogP contribution in [0.3, 0.4) is 0 Å². The summed E-state index contributed by atoms with van der Waals surface area (Å²) in [4.78, 5) is 7.90. The number of anilines is 2. The van der Waals surface area contributed by atoms with Crippen molar-refractivity contribution >= 4 is 22.9 Å². The SMILES string of the molecule is CCc1c(-c2ccc(F)cc2)nn2ccnc(N3NC(C)C(c4nnc(C)o4)=C3C)cc(N)[nH]c12. The van der Waals surface area contributed by atoms with Gasteiger partial charge in [0.25, 0.3) is 0 Å². The van der Waals surface area contributed by atoms with Crippen molar-refractivity contribution in [3.05, 3.63) is 71.6 Å². The van der Waals surface area contributed by atoms with E-state index in [4.69, 9.17) is 15.2 Å². The number of nitrogens with zero attached hydrogens (tertiary/aromatic N) is 6. The van der Waals surface area contributed by atoms with Crippen LogP contribution < -0.4 is 16.2 Å². The maximum atomic E-state index is 13.4. The van der Waals surface area contributed by atoms with Crippen molar-refractivity contribution in [2.45, 2.75) is 40.2 Å². The Kier molecular flexibility index (Phi) is 5.69. The molecule has 4 aromatic rings. The van der Waals surface area contributed by atoms with E-state index < -0.39 is 0 Å². The number of benzene rings is 1. The molecule has 0 saturated heterocycles. The molecule has 4 heterocycles. The highest BCUT2D eigenvalue weighted by Gasteiger charge is 2.31. The number of hydrogen-bond donors (Lipinski definition) is 3. The van der Waals surface area contributed by atoms with Gasteiger partial charge in [0, 0.05) is 42.2 Å². The maximum Gasteiger partial charge on any atom is 0.247 e. The summed E-state index contributed by atoms with van der Waals surface area (Å²) in [6.07, 6.45) is 4.11. The number of aryl methyl sites for hydroxylation is 2. The third-order valence-electron chi connectivity index (χ3n) is 5.91. The second-order valence-electron chi connectivity index (χ2n) is 8.30. The molecule has 4 N–H and O–H groups in total. The first-order chi connectivity index (χ1) is 16.9. The van der Waals surface area contributed by atoms with Crippen molar-refractivity contribution in [1.29, 1.82) is 0 Å². The first-order valence-electron chi connectivity index (χ1n) is 11.3. The van der Waals surface area contributed by atoms with Gasteiger partial charge in [-0.3, -0.25) is 5.01 Å². The number of nitrogens with two attached hydrogens (primary N) is 1. The third kappa shape index (κ3) is 4.10. The van der Waals surface area contributed by atoms with Crippen LogP contribution in [0.25, 0.3) is 22.5 Å². The predicted molar refractivity (Wildman–Crippen MR) is 131 cm³/mol. The number of aromatic amines is 1. The minimum atomic E-state index is -0.292. The Morgan fingerprint density at radius 2 is 1.94 bits per heavy atom. The van der Waals surface area contributed by atoms with Gasteiger partial charge in [0.15, 0.2) is 5.82 Å². The molecule has 0 amide bonds. The van der Waals surface area contributed by atoms with Crippen LogP contribution in [0.15, 0.2) is 52.8 Å². The number of halogens is 1. The fourth-order valence-corrected chi connectivity index (χ4v) is 4.30. The van der Waals surface area contributed by atoms with Crippen LogP contribution in [0.5, 0.6) is 0 Å². The van der Waals surface area contributed by atoms with E-state index in [1.54, 1.807) is 42.0 Å². The van der Waals surface area contributed by atoms with Crippen LogP contribution in [0.2, 0.25) is 0 Å². The second-order valence-corrected chi connectivity index (χ2v) is 8.30.